The van der Waals surface area contributed by atoms with Crippen molar-refractivity contribution in [1.82, 2.24) is 9.80 Å². The van der Waals surface area contributed by atoms with E-state index in [1.165, 1.54) is 0 Å². The molecular weight excluding hydrogens is 256 g/mol. The van der Waals surface area contributed by atoms with Crippen molar-refractivity contribution < 1.29 is 14.0 Å². The van der Waals surface area contributed by atoms with Crippen LogP contribution in [0.1, 0.15) is 37.2 Å². The molecule has 0 N–H and O–H groups in total. The van der Waals surface area contributed by atoms with Crippen molar-refractivity contribution in [3.8, 4) is 0 Å². The first kappa shape index (κ1) is 13.2. The molecule has 5 nitrogen and oxygen atoms in total. The average molecular weight is 276 g/mol. The number of furan rings is 1. The minimum Gasteiger partial charge on any atom is -0.464 e. The highest BCUT2D eigenvalue weighted by atomic mass is 16.3. The molecule has 1 atom stereocenters. The highest BCUT2D eigenvalue weighted by Crippen LogP contribution is 2.25. The van der Waals surface area contributed by atoms with Crippen LogP contribution in [0.2, 0.25) is 0 Å². The SMILES string of the molecule is Cc1ccc(CN2C(=O)CC[C@@H]2C(=O)N2CCCC2)o1. The quantitative estimate of drug-likeness (QED) is 0.844. The Morgan fingerprint density at radius 2 is 2.10 bits per heavy atom. The van der Waals surface area contributed by atoms with Crippen LogP contribution in [0.5, 0.6) is 0 Å². The van der Waals surface area contributed by atoms with Gasteiger partial charge in [0, 0.05) is 19.5 Å². The molecule has 0 saturated carbocycles. The lowest BCUT2D eigenvalue weighted by Crippen LogP contribution is -2.45. The van der Waals surface area contributed by atoms with E-state index >= 15 is 0 Å². The first-order valence-corrected chi connectivity index (χ1v) is 7.29. The molecule has 2 fully saturated rings. The number of aryl methyl sites for hydroxylation is 1. The van der Waals surface area contributed by atoms with Gasteiger partial charge in [-0.25, -0.2) is 0 Å². The van der Waals surface area contributed by atoms with Crippen LogP contribution < -0.4 is 0 Å². The molecule has 20 heavy (non-hydrogen) atoms. The van der Waals surface area contributed by atoms with Crippen molar-refractivity contribution in [1.29, 1.82) is 0 Å². The lowest BCUT2D eigenvalue weighted by atomic mass is 10.2. The highest BCUT2D eigenvalue weighted by molar-refractivity contribution is 5.91. The predicted octanol–water partition coefficient (Wildman–Crippen LogP) is 1.70. The minimum atomic E-state index is -0.300. The second-order valence-corrected chi connectivity index (χ2v) is 5.62. The van der Waals surface area contributed by atoms with E-state index in [2.05, 4.69) is 0 Å². The number of carbonyl (C=O) groups is 2. The summed E-state index contributed by atoms with van der Waals surface area (Å²) in [6, 6.07) is 3.46. The minimum absolute atomic E-state index is 0.0524. The zero-order valence-corrected chi connectivity index (χ0v) is 11.8. The van der Waals surface area contributed by atoms with Crippen LogP contribution >= 0.6 is 0 Å². The van der Waals surface area contributed by atoms with Gasteiger partial charge in [-0.3, -0.25) is 9.59 Å². The normalized spacial score (nSPS) is 22.9. The van der Waals surface area contributed by atoms with Crippen molar-refractivity contribution >= 4 is 11.8 Å². The second-order valence-electron chi connectivity index (χ2n) is 5.62. The molecule has 2 aliphatic heterocycles. The van der Waals surface area contributed by atoms with Crippen LogP contribution in [-0.4, -0.2) is 40.7 Å². The van der Waals surface area contributed by atoms with Gasteiger partial charge in [0.2, 0.25) is 11.8 Å². The summed E-state index contributed by atoms with van der Waals surface area (Å²) in [7, 11) is 0. The Morgan fingerprint density at radius 3 is 2.75 bits per heavy atom. The van der Waals surface area contributed by atoms with E-state index in [4.69, 9.17) is 4.42 Å². The Bertz CT molecular complexity index is 517. The van der Waals surface area contributed by atoms with Crippen LogP contribution in [0, 0.1) is 6.92 Å². The number of amides is 2. The van der Waals surface area contributed by atoms with E-state index in [0.717, 1.165) is 37.5 Å². The maximum atomic E-state index is 12.5. The molecule has 1 aromatic heterocycles. The summed E-state index contributed by atoms with van der Waals surface area (Å²) in [6.45, 7) is 3.94. The molecule has 0 radical (unpaired) electrons. The molecule has 108 valence electrons. The van der Waals surface area contributed by atoms with Gasteiger partial charge in [-0.05, 0) is 38.3 Å². The number of likely N-dealkylation sites (tertiary alicyclic amines) is 2. The summed E-state index contributed by atoms with van der Waals surface area (Å²) >= 11 is 0. The Hall–Kier alpha value is -1.78. The van der Waals surface area contributed by atoms with Crippen molar-refractivity contribution in [3.05, 3.63) is 23.7 Å². The molecule has 1 aromatic rings. The van der Waals surface area contributed by atoms with Gasteiger partial charge in [0.15, 0.2) is 0 Å². The van der Waals surface area contributed by atoms with Crippen LogP contribution in [0.4, 0.5) is 0 Å². The van der Waals surface area contributed by atoms with Crippen LogP contribution in [0.3, 0.4) is 0 Å². The maximum absolute atomic E-state index is 12.5. The Balaban J connectivity index is 1.72. The van der Waals surface area contributed by atoms with Gasteiger partial charge in [-0.1, -0.05) is 0 Å². The summed E-state index contributed by atoms with van der Waals surface area (Å²) in [6.07, 6.45) is 3.24. The van der Waals surface area contributed by atoms with Crippen LogP contribution in [0.15, 0.2) is 16.5 Å². The number of rotatable bonds is 3. The van der Waals surface area contributed by atoms with E-state index in [1.54, 1.807) is 4.90 Å². The van der Waals surface area contributed by atoms with E-state index in [9.17, 15) is 9.59 Å². The fourth-order valence-corrected chi connectivity index (χ4v) is 3.07. The van der Waals surface area contributed by atoms with Crippen molar-refractivity contribution in [2.24, 2.45) is 0 Å². The lowest BCUT2D eigenvalue weighted by molar-refractivity contribution is -0.141. The number of hydrogen-bond donors (Lipinski definition) is 0. The summed E-state index contributed by atoms with van der Waals surface area (Å²) in [5.74, 6) is 1.74. The predicted molar refractivity (Wildman–Crippen MR) is 72.8 cm³/mol. The van der Waals surface area contributed by atoms with Gasteiger partial charge in [0.05, 0.1) is 6.54 Å². The zero-order chi connectivity index (χ0) is 14.1. The van der Waals surface area contributed by atoms with Gasteiger partial charge < -0.3 is 14.2 Å². The highest BCUT2D eigenvalue weighted by Gasteiger charge is 2.39. The molecule has 3 heterocycles. The van der Waals surface area contributed by atoms with E-state index in [-0.39, 0.29) is 17.9 Å². The largest absolute Gasteiger partial charge is 0.464 e. The molecule has 0 aliphatic carbocycles. The summed E-state index contributed by atoms with van der Waals surface area (Å²) in [5, 5.41) is 0. The van der Waals surface area contributed by atoms with Gasteiger partial charge >= 0.3 is 0 Å². The van der Waals surface area contributed by atoms with Crippen molar-refractivity contribution in [2.45, 2.75) is 45.2 Å². The van der Waals surface area contributed by atoms with E-state index in [1.807, 2.05) is 24.0 Å². The smallest absolute Gasteiger partial charge is 0.245 e. The number of hydrogen-bond acceptors (Lipinski definition) is 3. The molecule has 3 rings (SSSR count). The molecule has 0 bridgehead atoms. The summed E-state index contributed by atoms with van der Waals surface area (Å²) in [5.41, 5.74) is 0. The van der Waals surface area contributed by atoms with Gasteiger partial charge in [-0.2, -0.15) is 0 Å². The van der Waals surface area contributed by atoms with E-state index < -0.39 is 0 Å². The molecular formula is C15H20N2O3. The topological polar surface area (TPSA) is 53.8 Å². The fraction of sp³-hybridized carbons (Fsp3) is 0.600. The third kappa shape index (κ3) is 2.44. The average Bonchev–Trinajstić information content (AvgIpc) is 3.13. The summed E-state index contributed by atoms with van der Waals surface area (Å²) < 4.78 is 5.53. The maximum Gasteiger partial charge on any atom is 0.245 e. The Kier molecular flexibility index (Phi) is 3.51. The van der Waals surface area contributed by atoms with Gasteiger partial charge in [0.25, 0.3) is 0 Å². The zero-order valence-electron chi connectivity index (χ0n) is 11.8. The molecule has 2 saturated heterocycles. The molecule has 0 aromatic carbocycles. The number of nitrogens with zero attached hydrogens (tertiary/aromatic N) is 2. The molecule has 2 aliphatic rings. The van der Waals surface area contributed by atoms with Crippen LogP contribution in [-0.2, 0) is 16.1 Å². The van der Waals surface area contributed by atoms with Gasteiger partial charge in [0.1, 0.15) is 17.6 Å². The molecule has 0 unspecified atom stereocenters. The van der Waals surface area contributed by atoms with Crippen molar-refractivity contribution in [2.75, 3.05) is 13.1 Å². The van der Waals surface area contributed by atoms with Crippen LogP contribution in [0.25, 0.3) is 0 Å². The fourth-order valence-electron chi connectivity index (χ4n) is 3.07. The monoisotopic (exact) mass is 276 g/mol. The lowest BCUT2D eigenvalue weighted by Gasteiger charge is -2.27. The first-order valence-electron chi connectivity index (χ1n) is 7.29. The first-order chi connectivity index (χ1) is 9.65. The molecule has 5 heteroatoms. The van der Waals surface area contributed by atoms with Gasteiger partial charge in [-0.15, -0.1) is 0 Å². The van der Waals surface area contributed by atoms with E-state index in [0.29, 0.717) is 19.4 Å². The summed E-state index contributed by atoms with van der Waals surface area (Å²) in [4.78, 5) is 28.1. The second kappa shape index (κ2) is 5.31. The third-order valence-corrected chi connectivity index (χ3v) is 4.15. The third-order valence-electron chi connectivity index (χ3n) is 4.15. The Morgan fingerprint density at radius 1 is 1.35 bits per heavy atom. The Labute approximate surface area is 118 Å². The van der Waals surface area contributed by atoms with Crippen molar-refractivity contribution in [3.63, 3.8) is 0 Å². The standard InChI is InChI=1S/C15H20N2O3/c1-11-4-5-12(20-11)10-17-13(6-7-14(17)18)15(19)16-8-2-3-9-16/h4-5,13H,2-3,6-10H2,1H3/t13-/m1/s1. The molecule has 0 spiro atoms. The number of carbonyl (C=O) groups excluding carboxylic acids is 2. The molecule has 2 amide bonds.